The van der Waals surface area contributed by atoms with Gasteiger partial charge in [0.15, 0.2) is 6.04 Å². The first kappa shape index (κ1) is 15.3. The molecule has 7 heteroatoms. The highest BCUT2D eigenvalue weighted by Crippen LogP contribution is 2.27. The lowest BCUT2D eigenvalue weighted by Gasteiger charge is -2.25. The molecule has 2 atom stereocenters. The van der Waals surface area contributed by atoms with Crippen molar-refractivity contribution in [3.63, 3.8) is 0 Å². The predicted molar refractivity (Wildman–Crippen MR) is 64.6 cm³/mol. The van der Waals surface area contributed by atoms with E-state index >= 15 is 0 Å². The van der Waals surface area contributed by atoms with Crippen molar-refractivity contribution in [2.24, 2.45) is 5.92 Å². The van der Waals surface area contributed by atoms with Gasteiger partial charge in [-0.05, 0) is 26.7 Å². The lowest BCUT2D eigenvalue weighted by atomic mass is 10.00. The van der Waals surface area contributed by atoms with Gasteiger partial charge in [-0.2, -0.15) is 4.90 Å². The molecule has 1 N–H and O–H groups in total. The predicted octanol–water partition coefficient (Wildman–Crippen LogP) is 1.85. The van der Waals surface area contributed by atoms with Crippen molar-refractivity contribution in [1.82, 2.24) is 4.90 Å². The zero-order valence-corrected chi connectivity index (χ0v) is 11.7. The highest BCUT2D eigenvalue weighted by atomic mass is 16.6. The number of amides is 2. The lowest BCUT2D eigenvalue weighted by molar-refractivity contribution is -0.143. The van der Waals surface area contributed by atoms with Gasteiger partial charge >= 0.3 is 18.2 Å². The third kappa shape index (κ3) is 3.36. The summed E-state index contributed by atoms with van der Waals surface area (Å²) in [4.78, 5) is 35.4. The summed E-state index contributed by atoms with van der Waals surface area (Å²) in [5.74, 6) is -1.52. The number of carbonyl (C=O) groups excluding carboxylic acids is 2. The summed E-state index contributed by atoms with van der Waals surface area (Å²) in [7, 11) is 0. The molecule has 1 fully saturated rings. The number of aliphatic carboxylic acids is 1. The van der Waals surface area contributed by atoms with Crippen LogP contribution in [0.3, 0.4) is 0 Å². The summed E-state index contributed by atoms with van der Waals surface area (Å²) in [5, 5.41) is 9.19. The van der Waals surface area contributed by atoms with Gasteiger partial charge in [-0.1, -0.05) is 13.8 Å². The Morgan fingerprint density at radius 2 is 1.89 bits per heavy atom. The van der Waals surface area contributed by atoms with Crippen LogP contribution in [0.1, 0.15) is 34.6 Å². The second kappa shape index (κ2) is 5.07. The van der Waals surface area contributed by atoms with Crippen molar-refractivity contribution < 1.29 is 29.0 Å². The second-order valence-corrected chi connectivity index (χ2v) is 5.73. The smallest absolute Gasteiger partial charge is 0.420 e. The van der Waals surface area contributed by atoms with Gasteiger partial charge in [0.1, 0.15) is 11.7 Å². The maximum Gasteiger partial charge on any atom is 0.420 e. The van der Waals surface area contributed by atoms with Gasteiger partial charge in [0, 0.05) is 0 Å². The van der Waals surface area contributed by atoms with Crippen molar-refractivity contribution in [2.45, 2.75) is 52.4 Å². The van der Waals surface area contributed by atoms with Gasteiger partial charge in [0.05, 0.1) is 0 Å². The van der Waals surface area contributed by atoms with Crippen molar-refractivity contribution >= 4 is 18.2 Å². The van der Waals surface area contributed by atoms with E-state index in [4.69, 9.17) is 9.47 Å². The van der Waals surface area contributed by atoms with E-state index in [2.05, 4.69) is 0 Å². The van der Waals surface area contributed by atoms with Crippen LogP contribution in [0.2, 0.25) is 0 Å². The molecule has 108 valence electrons. The number of imide groups is 1. The quantitative estimate of drug-likeness (QED) is 0.825. The normalized spacial score (nSPS) is 23.5. The van der Waals surface area contributed by atoms with Gasteiger partial charge in [-0.25, -0.2) is 14.4 Å². The number of hydrogen-bond acceptors (Lipinski definition) is 5. The average molecular weight is 273 g/mol. The van der Waals surface area contributed by atoms with Crippen LogP contribution in [0.4, 0.5) is 9.59 Å². The number of hydrogen-bond donors (Lipinski definition) is 1. The Kier molecular flexibility index (Phi) is 4.07. The Morgan fingerprint density at radius 1 is 1.37 bits per heavy atom. The molecule has 0 bridgehead atoms. The Bertz CT molecular complexity index is 398. The molecule has 19 heavy (non-hydrogen) atoms. The Morgan fingerprint density at radius 3 is 2.26 bits per heavy atom. The highest BCUT2D eigenvalue weighted by molar-refractivity contribution is 5.96. The van der Waals surface area contributed by atoms with Crippen molar-refractivity contribution in [1.29, 1.82) is 0 Å². The molecular weight excluding hydrogens is 254 g/mol. The minimum absolute atomic E-state index is 0.225. The zero-order valence-electron chi connectivity index (χ0n) is 11.7. The maximum absolute atomic E-state index is 11.9. The number of carbonyl (C=O) groups is 3. The molecule has 7 nitrogen and oxygen atoms in total. The molecule has 1 heterocycles. The van der Waals surface area contributed by atoms with Crippen LogP contribution in [0.15, 0.2) is 0 Å². The molecule has 1 aliphatic heterocycles. The number of carboxylic acid groups (broad SMARTS) is 1. The van der Waals surface area contributed by atoms with E-state index in [-0.39, 0.29) is 5.92 Å². The van der Waals surface area contributed by atoms with Gasteiger partial charge in [0.2, 0.25) is 0 Å². The van der Waals surface area contributed by atoms with E-state index in [0.29, 0.717) is 4.90 Å². The molecule has 0 aliphatic carbocycles. The fraction of sp³-hybridized carbons (Fsp3) is 0.750. The Balaban J connectivity index is 3.00. The van der Waals surface area contributed by atoms with E-state index in [1.165, 1.54) is 0 Å². The summed E-state index contributed by atoms with van der Waals surface area (Å²) in [6.07, 6.45) is -2.87. The summed E-state index contributed by atoms with van der Waals surface area (Å²) >= 11 is 0. The topological polar surface area (TPSA) is 93.1 Å². The number of carboxylic acids is 1. The first-order valence-electron chi connectivity index (χ1n) is 6.00. The molecule has 0 unspecified atom stereocenters. The standard InChI is InChI=1S/C12H19NO6/c1-6(2)8-7(9(14)15)13(10(16)18-8)11(17)19-12(3,4)5/h6-8H,1-5H3,(H,14,15)/t7-,8+/m1/s1. The minimum Gasteiger partial charge on any atom is -0.480 e. The van der Waals surface area contributed by atoms with Gasteiger partial charge in [0.25, 0.3) is 0 Å². The maximum atomic E-state index is 11.9. The summed E-state index contributed by atoms with van der Waals surface area (Å²) in [6, 6.07) is -1.36. The summed E-state index contributed by atoms with van der Waals surface area (Å²) in [6.45, 7) is 8.31. The van der Waals surface area contributed by atoms with E-state index in [1.54, 1.807) is 34.6 Å². The third-order valence-electron chi connectivity index (χ3n) is 2.52. The molecule has 0 spiro atoms. The highest BCUT2D eigenvalue weighted by Gasteiger charge is 2.52. The second-order valence-electron chi connectivity index (χ2n) is 5.73. The third-order valence-corrected chi connectivity index (χ3v) is 2.52. The molecule has 0 aromatic carbocycles. The zero-order chi connectivity index (χ0) is 15.0. The van der Waals surface area contributed by atoms with Crippen molar-refractivity contribution in [2.75, 3.05) is 0 Å². The van der Waals surface area contributed by atoms with Crippen molar-refractivity contribution in [3.8, 4) is 0 Å². The molecule has 1 rings (SSSR count). The fourth-order valence-corrected chi connectivity index (χ4v) is 1.75. The van der Waals surface area contributed by atoms with Crippen LogP contribution in [0.5, 0.6) is 0 Å². The van der Waals surface area contributed by atoms with Gasteiger partial charge in [-0.3, -0.25) is 0 Å². The average Bonchev–Trinajstić information content (AvgIpc) is 2.53. The Hall–Kier alpha value is -1.79. The molecule has 0 aromatic rings. The van der Waals surface area contributed by atoms with Crippen LogP contribution in [-0.2, 0) is 14.3 Å². The molecule has 1 aliphatic rings. The van der Waals surface area contributed by atoms with E-state index in [1.807, 2.05) is 0 Å². The first-order valence-corrected chi connectivity index (χ1v) is 6.00. The van der Waals surface area contributed by atoms with Crippen LogP contribution in [0.25, 0.3) is 0 Å². The molecule has 0 aromatic heterocycles. The monoisotopic (exact) mass is 273 g/mol. The molecular formula is C12H19NO6. The SMILES string of the molecule is CC(C)[C@@H]1OC(=O)N(C(=O)OC(C)(C)C)[C@H]1C(=O)O. The van der Waals surface area contributed by atoms with E-state index < -0.39 is 35.9 Å². The number of ether oxygens (including phenoxy) is 2. The molecule has 2 amide bonds. The van der Waals surface area contributed by atoms with Gasteiger partial charge in [-0.15, -0.1) is 0 Å². The first-order chi connectivity index (χ1) is 8.54. The van der Waals surface area contributed by atoms with Crippen LogP contribution in [-0.4, -0.2) is 45.9 Å². The summed E-state index contributed by atoms with van der Waals surface area (Å²) in [5.41, 5.74) is -0.823. The van der Waals surface area contributed by atoms with Crippen molar-refractivity contribution in [3.05, 3.63) is 0 Å². The molecule has 0 radical (unpaired) electrons. The van der Waals surface area contributed by atoms with Crippen LogP contribution in [0, 0.1) is 5.92 Å². The Labute approximate surface area is 111 Å². The number of rotatable bonds is 2. The van der Waals surface area contributed by atoms with Crippen LogP contribution >= 0.6 is 0 Å². The summed E-state index contributed by atoms with van der Waals surface area (Å²) < 4.78 is 9.97. The fourth-order valence-electron chi connectivity index (χ4n) is 1.75. The van der Waals surface area contributed by atoms with Crippen LogP contribution < -0.4 is 0 Å². The van der Waals surface area contributed by atoms with E-state index in [9.17, 15) is 19.5 Å². The van der Waals surface area contributed by atoms with E-state index in [0.717, 1.165) is 0 Å². The molecule has 0 saturated carbocycles. The van der Waals surface area contributed by atoms with Gasteiger partial charge < -0.3 is 14.6 Å². The molecule has 1 saturated heterocycles. The lowest BCUT2D eigenvalue weighted by Crippen LogP contribution is -2.49. The minimum atomic E-state index is -1.36. The number of cyclic esters (lactones) is 1. The largest absolute Gasteiger partial charge is 0.480 e. The number of nitrogens with zero attached hydrogens (tertiary/aromatic N) is 1.